The number of nitrogens with zero attached hydrogens (tertiary/aromatic N) is 4. The van der Waals surface area contributed by atoms with Crippen LogP contribution in [-0.2, 0) is 6.54 Å². The summed E-state index contributed by atoms with van der Waals surface area (Å²) >= 11 is 5.95. The molecule has 31 heavy (non-hydrogen) atoms. The average Bonchev–Trinajstić information content (AvgIpc) is 3.06. The van der Waals surface area contributed by atoms with Gasteiger partial charge in [0.15, 0.2) is 5.78 Å². The lowest BCUT2D eigenvalue weighted by molar-refractivity contribution is 0.101. The molecule has 0 aliphatic carbocycles. The molecule has 0 radical (unpaired) electrons. The molecule has 1 aromatic heterocycles. The molecule has 2 heterocycles. The van der Waals surface area contributed by atoms with Gasteiger partial charge in [-0.3, -0.25) is 9.48 Å². The number of ketones is 1. The summed E-state index contributed by atoms with van der Waals surface area (Å²) in [6.07, 6.45) is 0.761. The number of amides is 2. The average molecular weight is 446 g/mol. The van der Waals surface area contributed by atoms with Crippen LogP contribution in [0.4, 0.5) is 9.18 Å². The Balaban J connectivity index is 2.10. The SMILES string of the molecule is CC(=O)c1c(-c2ccc(F)c(Cl)c2)nn2c1CN(C(=O)NC(C)(C)C)CC2CCC#N. The van der Waals surface area contributed by atoms with Gasteiger partial charge >= 0.3 is 6.03 Å². The van der Waals surface area contributed by atoms with Gasteiger partial charge in [-0.15, -0.1) is 0 Å². The van der Waals surface area contributed by atoms with E-state index in [4.69, 9.17) is 16.9 Å². The zero-order valence-electron chi connectivity index (χ0n) is 18.0. The number of hydrogen-bond acceptors (Lipinski definition) is 4. The van der Waals surface area contributed by atoms with Gasteiger partial charge in [-0.25, -0.2) is 9.18 Å². The third-order valence-corrected chi connectivity index (χ3v) is 5.32. The van der Waals surface area contributed by atoms with E-state index in [1.165, 1.54) is 25.1 Å². The Morgan fingerprint density at radius 1 is 1.39 bits per heavy atom. The molecule has 2 aromatic rings. The van der Waals surface area contributed by atoms with Crippen LogP contribution in [0.3, 0.4) is 0 Å². The van der Waals surface area contributed by atoms with Crippen LogP contribution in [0.1, 0.15) is 62.6 Å². The number of nitriles is 1. The highest BCUT2D eigenvalue weighted by Crippen LogP contribution is 2.34. The van der Waals surface area contributed by atoms with Crippen LogP contribution in [0, 0.1) is 17.1 Å². The van der Waals surface area contributed by atoms with Crippen molar-refractivity contribution in [3.63, 3.8) is 0 Å². The van der Waals surface area contributed by atoms with Gasteiger partial charge in [0.05, 0.1) is 34.9 Å². The van der Waals surface area contributed by atoms with Crippen LogP contribution in [0.25, 0.3) is 11.3 Å². The molecule has 0 saturated carbocycles. The number of halogens is 2. The van der Waals surface area contributed by atoms with Gasteiger partial charge in [0.1, 0.15) is 11.5 Å². The molecule has 0 saturated heterocycles. The van der Waals surface area contributed by atoms with E-state index in [1.54, 1.807) is 9.58 Å². The summed E-state index contributed by atoms with van der Waals surface area (Å²) in [5, 5.41) is 16.6. The van der Waals surface area contributed by atoms with E-state index in [0.29, 0.717) is 35.5 Å². The first-order valence-electron chi connectivity index (χ1n) is 10.0. The van der Waals surface area contributed by atoms with E-state index in [1.807, 2.05) is 20.8 Å². The van der Waals surface area contributed by atoms with Crippen LogP contribution in [-0.4, -0.2) is 38.6 Å². The van der Waals surface area contributed by atoms with Crippen LogP contribution >= 0.6 is 11.6 Å². The van der Waals surface area contributed by atoms with Crippen LogP contribution in [0.2, 0.25) is 5.02 Å². The molecule has 1 aromatic carbocycles. The minimum atomic E-state index is -0.560. The molecule has 0 fully saturated rings. The fourth-order valence-corrected chi connectivity index (χ4v) is 3.90. The minimum Gasteiger partial charge on any atom is -0.333 e. The number of benzene rings is 1. The summed E-state index contributed by atoms with van der Waals surface area (Å²) in [4.78, 5) is 27.1. The molecular formula is C22H25ClFN5O2. The number of carbonyl (C=O) groups excluding carboxylic acids is 2. The largest absolute Gasteiger partial charge is 0.333 e. The summed E-state index contributed by atoms with van der Waals surface area (Å²) in [6, 6.07) is 5.81. The lowest BCUT2D eigenvalue weighted by atomic mass is 10.0. The van der Waals surface area contributed by atoms with Crippen molar-refractivity contribution in [2.45, 2.75) is 58.7 Å². The van der Waals surface area contributed by atoms with Crippen molar-refractivity contribution >= 4 is 23.4 Å². The maximum atomic E-state index is 13.7. The fourth-order valence-electron chi connectivity index (χ4n) is 3.71. The molecule has 1 N–H and O–H groups in total. The van der Waals surface area contributed by atoms with Crippen molar-refractivity contribution in [1.82, 2.24) is 20.0 Å². The Bertz CT molecular complexity index is 1070. The molecule has 0 bridgehead atoms. The highest BCUT2D eigenvalue weighted by molar-refractivity contribution is 6.31. The van der Waals surface area contributed by atoms with E-state index in [-0.39, 0.29) is 35.8 Å². The molecule has 7 nitrogen and oxygen atoms in total. The third-order valence-electron chi connectivity index (χ3n) is 5.03. The normalized spacial score (nSPS) is 15.9. The second kappa shape index (κ2) is 8.67. The number of aromatic nitrogens is 2. The first kappa shape index (κ1) is 22.8. The van der Waals surface area contributed by atoms with E-state index in [9.17, 15) is 14.0 Å². The highest BCUT2D eigenvalue weighted by atomic mass is 35.5. The highest BCUT2D eigenvalue weighted by Gasteiger charge is 2.35. The Labute approximate surface area is 185 Å². The molecule has 1 atom stereocenters. The smallest absolute Gasteiger partial charge is 0.318 e. The Hall–Kier alpha value is -2.92. The Kier molecular flexibility index (Phi) is 6.37. The molecule has 1 unspecified atom stereocenters. The number of urea groups is 1. The van der Waals surface area contributed by atoms with Gasteiger partial charge in [-0.2, -0.15) is 10.4 Å². The number of nitrogens with one attached hydrogen (secondary N) is 1. The lowest BCUT2D eigenvalue weighted by Gasteiger charge is -2.35. The summed E-state index contributed by atoms with van der Waals surface area (Å²) in [7, 11) is 0. The van der Waals surface area contributed by atoms with Crippen molar-refractivity contribution in [2.75, 3.05) is 6.54 Å². The zero-order valence-corrected chi connectivity index (χ0v) is 18.8. The van der Waals surface area contributed by atoms with Gasteiger partial charge in [-0.05, 0) is 52.3 Å². The van der Waals surface area contributed by atoms with Crippen LogP contribution in [0.5, 0.6) is 0 Å². The van der Waals surface area contributed by atoms with Crippen LogP contribution in [0.15, 0.2) is 18.2 Å². The summed E-state index contributed by atoms with van der Waals surface area (Å²) in [5.74, 6) is -0.774. The van der Waals surface area contributed by atoms with Gasteiger partial charge in [0, 0.05) is 24.1 Å². The number of Topliss-reactive ketones (excluding diaryl/α,β-unsaturated/α-hetero) is 1. The summed E-state index contributed by atoms with van der Waals surface area (Å²) in [5.41, 5.74) is 1.46. The Morgan fingerprint density at radius 3 is 2.68 bits per heavy atom. The predicted octanol–water partition coefficient (Wildman–Crippen LogP) is 4.71. The summed E-state index contributed by atoms with van der Waals surface area (Å²) in [6.45, 7) is 7.67. The lowest BCUT2D eigenvalue weighted by Crippen LogP contribution is -2.51. The van der Waals surface area contributed by atoms with Crippen LogP contribution < -0.4 is 5.32 Å². The van der Waals surface area contributed by atoms with Gasteiger partial charge in [0.2, 0.25) is 0 Å². The second-order valence-electron chi connectivity index (χ2n) is 8.71. The number of hydrogen-bond donors (Lipinski definition) is 1. The van der Waals surface area contributed by atoms with Crippen molar-refractivity contribution < 1.29 is 14.0 Å². The first-order valence-corrected chi connectivity index (χ1v) is 10.4. The molecule has 9 heteroatoms. The topological polar surface area (TPSA) is 91.0 Å². The maximum Gasteiger partial charge on any atom is 0.318 e. The standard InChI is InChI=1S/C22H25ClFN5O2/c1-13(30)19-18-12-28(21(31)26-22(2,3)4)11-15(6-5-9-25)29(18)27-20(19)14-7-8-17(24)16(23)10-14/h7-8,10,15H,5-6,11-12H2,1-4H3,(H,26,31). The Morgan fingerprint density at radius 2 is 2.10 bits per heavy atom. The van der Waals surface area contributed by atoms with Crippen molar-refractivity contribution in [1.29, 1.82) is 5.26 Å². The molecule has 164 valence electrons. The van der Waals surface area contributed by atoms with E-state index in [2.05, 4.69) is 16.5 Å². The molecule has 1 aliphatic heterocycles. The van der Waals surface area contributed by atoms with E-state index < -0.39 is 11.4 Å². The first-order chi connectivity index (χ1) is 14.5. The maximum absolute atomic E-state index is 13.7. The quantitative estimate of drug-likeness (QED) is 0.689. The predicted molar refractivity (Wildman–Crippen MR) is 115 cm³/mol. The fraction of sp³-hybridized carbons (Fsp3) is 0.455. The third kappa shape index (κ3) is 4.88. The van der Waals surface area contributed by atoms with Gasteiger partial charge in [-0.1, -0.05) is 11.6 Å². The molecule has 3 rings (SSSR count). The van der Waals surface area contributed by atoms with Crippen molar-refractivity contribution in [2.24, 2.45) is 0 Å². The number of fused-ring (bicyclic) bond motifs is 1. The second-order valence-corrected chi connectivity index (χ2v) is 9.12. The summed E-state index contributed by atoms with van der Waals surface area (Å²) < 4.78 is 15.4. The van der Waals surface area contributed by atoms with E-state index >= 15 is 0 Å². The molecular weight excluding hydrogens is 421 g/mol. The minimum absolute atomic E-state index is 0.0646. The molecule has 0 spiro atoms. The van der Waals surface area contributed by atoms with Crippen molar-refractivity contribution in [3.8, 4) is 17.3 Å². The molecule has 1 aliphatic rings. The zero-order chi connectivity index (χ0) is 22.9. The number of rotatable bonds is 4. The molecule has 2 amide bonds. The van der Waals surface area contributed by atoms with Crippen molar-refractivity contribution in [3.05, 3.63) is 40.3 Å². The van der Waals surface area contributed by atoms with Gasteiger partial charge < -0.3 is 10.2 Å². The van der Waals surface area contributed by atoms with E-state index in [0.717, 1.165) is 0 Å². The number of carbonyl (C=O) groups is 2. The monoisotopic (exact) mass is 445 g/mol. The van der Waals surface area contributed by atoms with Gasteiger partial charge in [0.25, 0.3) is 0 Å².